The number of hydrogen-bond acceptors (Lipinski definition) is 5. The maximum absolute atomic E-state index is 13.4. The minimum Gasteiger partial charge on any atom is -0.461 e. The number of aromatic amines is 1. The molecule has 1 aromatic heterocycles. The summed E-state index contributed by atoms with van der Waals surface area (Å²) in [6.45, 7) is 1.74. The first-order chi connectivity index (χ1) is 9.06. The Morgan fingerprint density at radius 1 is 1.53 bits per heavy atom. The molecule has 0 atom stereocenters. The van der Waals surface area contributed by atoms with Crippen molar-refractivity contribution in [2.75, 3.05) is 19.0 Å². The molecule has 0 fully saturated rings. The Hall–Kier alpha value is -2.44. The fraction of sp³-hybridized carbons (Fsp3) is 0.250. The minimum atomic E-state index is -0.832. The molecule has 0 aliphatic carbocycles. The number of nitrogens with zero attached hydrogens (tertiary/aromatic N) is 1. The van der Waals surface area contributed by atoms with Crippen LogP contribution in [0.1, 0.15) is 17.4 Å². The van der Waals surface area contributed by atoms with E-state index in [1.54, 1.807) is 14.0 Å². The molecule has 0 unspecified atom stereocenters. The molecule has 0 saturated heterocycles. The number of carbonyl (C=O) groups excluding carboxylic acids is 1. The van der Waals surface area contributed by atoms with Crippen LogP contribution in [0.5, 0.6) is 0 Å². The topological polar surface area (TPSA) is 84.1 Å². The van der Waals surface area contributed by atoms with Crippen molar-refractivity contribution in [3.63, 3.8) is 0 Å². The number of benzene rings is 1. The first-order valence-corrected chi connectivity index (χ1v) is 5.65. The Morgan fingerprint density at radius 2 is 2.26 bits per heavy atom. The zero-order valence-electron chi connectivity index (χ0n) is 10.4. The molecule has 0 amide bonds. The highest BCUT2D eigenvalue weighted by atomic mass is 19.1. The summed E-state index contributed by atoms with van der Waals surface area (Å²) in [7, 11) is 1.59. The van der Waals surface area contributed by atoms with Crippen LogP contribution in [0, 0.1) is 5.82 Å². The van der Waals surface area contributed by atoms with Crippen molar-refractivity contribution < 1.29 is 13.9 Å². The Balaban J connectivity index is 2.69. The van der Waals surface area contributed by atoms with E-state index >= 15 is 0 Å². The molecule has 0 spiro atoms. The van der Waals surface area contributed by atoms with Crippen molar-refractivity contribution in [2.45, 2.75) is 6.92 Å². The highest BCUT2D eigenvalue weighted by Crippen LogP contribution is 2.20. The highest BCUT2D eigenvalue weighted by molar-refractivity contribution is 5.92. The summed E-state index contributed by atoms with van der Waals surface area (Å²) < 4.78 is 18.1. The number of aromatic nitrogens is 2. The Kier molecular flexibility index (Phi) is 3.46. The summed E-state index contributed by atoms with van der Waals surface area (Å²) in [5.41, 5.74) is -0.167. The third-order valence-electron chi connectivity index (χ3n) is 2.51. The third-order valence-corrected chi connectivity index (χ3v) is 2.51. The van der Waals surface area contributed by atoms with Crippen LogP contribution in [0.15, 0.2) is 16.9 Å². The Bertz CT molecular complexity index is 696. The van der Waals surface area contributed by atoms with E-state index in [9.17, 15) is 14.0 Å². The van der Waals surface area contributed by atoms with Gasteiger partial charge in [0.1, 0.15) is 5.82 Å². The second kappa shape index (κ2) is 5.05. The van der Waals surface area contributed by atoms with Gasteiger partial charge in [-0.2, -0.15) is 0 Å². The molecule has 19 heavy (non-hydrogen) atoms. The van der Waals surface area contributed by atoms with Crippen molar-refractivity contribution in [2.24, 2.45) is 0 Å². The van der Waals surface area contributed by atoms with Gasteiger partial charge in [-0.3, -0.25) is 4.79 Å². The van der Waals surface area contributed by atoms with E-state index in [1.807, 2.05) is 0 Å². The molecule has 100 valence electrons. The normalized spacial score (nSPS) is 10.5. The molecule has 0 saturated carbocycles. The van der Waals surface area contributed by atoms with E-state index in [-0.39, 0.29) is 17.8 Å². The summed E-state index contributed by atoms with van der Waals surface area (Å²) in [5, 5.41) is 2.75. The predicted octanol–water partition coefficient (Wildman–Crippen LogP) is 1.28. The fourth-order valence-corrected chi connectivity index (χ4v) is 1.69. The molecule has 2 aromatic rings. The zero-order chi connectivity index (χ0) is 14.0. The van der Waals surface area contributed by atoms with E-state index in [1.165, 1.54) is 6.07 Å². The lowest BCUT2D eigenvalue weighted by atomic mass is 10.2. The monoisotopic (exact) mass is 265 g/mol. The lowest BCUT2D eigenvalue weighted by Gasteiger charge is -2.07. The van der Waals surface area contributed by atoms with Gasteiger partial charge in [0.2, 0.25) is 5.69 Å². The van der Waals surface area contributed by atoms with E-state index < -0.39 is 17.3 Å². The van der Waals surface area contributed by atoms with Crippen LogP contribution in [0.2, 0.25) is 0 Å². The first kappa shape index (κ1) is 13.0. The number of hydrogen-bond donors (Lipinski definition) is 2. The highest BCUT2D eigenvalue weighted by Gasteiger charge is 2.16. The zero-order valence-corrected chi connectivity index (χ0v) is 10.4. The van der Waals surface area contributed by atoms with Gasteiger partial charge in [0.05, 0.1) is 23.3 Å². The molecule has 2 rings (SSSR count). The van der Waals surface area contributed by atoms with Gasteiger partial charge in [0.15, 0.2) is 0 Å². The lowest BCUT2D eigenvalue weighted by Crippen LogP contribution is -2.22. The van der Waals surface area contributed by atoms with Crippen LogP contribution in [0.3, 0.4) is 0 Å². The Labute approximate surface area is 107 Å². The average Bonchev–Trinajstić information content (AvgIpc) is 2.38. The SMILES string of the molecule is CCOC(=O)c1nc2cc(F)cc(NC)c2[nH]c1=O. The van der Waals surface area contributed by atoms with Gasteiger partial charge in [0, 0.05) is 13.1 Å². The smallest absolute Gasteiger partial charge is 0.362 e. The van der Waals surface area contributed by atoms with Crippen LogP contribution >= 0.6 is 0 Å². The van der Waals surface area contributed by atoms with Crippen molar-refractivity contribution in [3.05, 3.63) is 34.0 Å². The first-order valence-electron chi connectivity index (χ1n) is 5.65. The van der Waals surface area contributed by atoms with Crippen LogP contribution in [0.4, 0.5) is 10.1 Å². The number of anilines is 1. The maximum atomic E-state index is 13.4. The number of nitrogens with one attached hydrogen (secondary N) is 2. The number of ether oxygens (including phenoxy) is 1. The van der Waals surface area contributed by atoms with E-state index in [0.717, 1.165) is 6.07 Å². The second-order valence-corrected chi connectivity index (χ2v) is 3.73. The molecule has 0 aliphatic rings. The maximum Gasteiger partial charge on any atom is 0.362 e. The molecule has 1 aromatic carbocycles. The van der Waals surface area contributed by atoms with Crippen LogP contribution in [-0.2, 0) is 4.74 Å². The number of halogens is 1. The predicted molar refractivity (Wildman–Crippen MR) is 67.8 cm³/mol. The molecule has 6 nitrogen and oxygen atoms in total. The average molecular weight is 265 g/mol. The molecule has 0 radical (unpaired) electrons. The molecular formula is C12H12FN3O3. The minimum absolute atomic E-state index is 0.128. The summed E-state index contributed by atoms with van der Waals surface area (Å²) in [4.78, 5) is 29.7. The molecule has 7 heteroatoms. The molecule has 1 heterocycles. The molecule has 0 bridgehead atoms. The number of carbonyl (C=O) groups is 1. The molecular weight excluding hydrogens is 253 g/mol. The van der Waals surface area contributed by atoms with E-state index in [0.29, 0.717) is 11.2 Å². The molecule has 0 aliphatic heterocycles. The van der Waals surface area contributed by atoms with Gasteiger partial charge in [-0.15, -0.1) is 0 Å². The van der Waals surface area contributed by atoms with Gasteiger partial charge in [0.25, 0.3) is 5.56 Å². The van der Waals surface area contributed by atoms with Gasteiger partial charge in [-0.25, -0.2) is 14.2 Å². The van der Waals surface area contributed by atoms with E-state index in [4.69, 9.17) is 4.74 Å². The number of H-pyrrole nitrogens is 1. The molecule has 2 N–H and O–H groups in total. The van der Waals surface area contributed by atoms with Gasteiger partial charge >= 0.3 is 5.97 Å². The standard InChI is InChI=1S/C12H12FN3O3/c1-3-19-12(18)10-11(17)16-9-7(14-2)4-6(13)5-8(9)15-10/h4-5,14H,3H2,1-2H3,(H,16,17). The third kappa shape index (κ3) is 2.40. The van der Waals surface area contributed by atoms with Gasteiger partial charge in [-0.1, -0.05) is 0 Å². The van der Waals surface area contributed by atoms with Crippen LogP contribution < -0.4 is 10.9 Å². The van der Waals surface area contributed by atoms with Crippen LogP contribution in [0.25, 0.3) is 11.0 Å². The lowest BCUT2D eigenvalue weighted by molar-refractivity contribution is 0.0517. The number of fused-ring (bicyclic) bond motifs is 1. The summed E-state index contributed by atoms with van der Waals surface area (Å²) >= 11 is 0. The fourth-order valence-electron chi connectivity index (χ4n) is 1.69. The van der Waals surface area contributed by atoms with Gasteiger partial charge in [-0.05, 0) is 13.0 Å². The van der Waals surface area contributed by atoms with Crippen molar-refractivity contribution >= 4 is 22.7 Å². The number of rotatable bonds is 3. The van der Waals surface area contributed by atoms with E-state index in [2.05, 4.69) is 15.3 Å². The largest absolute Gasteiger partial charge is 0.461 e. The van der Waals surface area contributed by atoms with Crippen molar-refractivity contribution in [3.8, 4) is 0 Å². The summed E-state index contributed by atoms with van der Waals surface area (Å²) in [6.07, 6.45) is 0. The quantitative estimate of drug-likeness (QED) is 0.817. The van der Waals surface area contributed by atoms with Crippen molar-refractivity contribution in [1.29, 1.82) is 0 Å². The number of esters is 1. The summed E-state index contributed by atoms with van der Waals surface area (Å²) in [5.74, 6) is -1.35. The van der Waals surface area contributed by atoms with Crippen molar-refractivity contribution in [1.82, 2.24) is 9.97 Å². The second-order valence-electron chi connectivity index (χ2n) is 3.73. The summed E-state index contributed by atoms with van der Waals surface area (Å²) in [6, 6.07) is 2.36. The van der Waals surface area contributed by atoms with Crippen LogP contribution in [-0.4, -0.2) is 29.6 Å². The Morgan fingerprint density at radius 3 is 2.89 bits per heavy atom. The van der Waals surface area contributed by atoms with Gasteiger partial charge < -0.3 is 15.0 Å².